The lowest BCUT2D eigenvalue weighted by molar-refractivity contribution is -0.135. The molecule has 12 fully saturated rings. The summed E-state index contributed by atoms with van der Waals surface area (Å²) in [6, 6.07) is 21.4. The molecule has 12 aliphatic rings. The Morgan fingerprint density at radius 3 is 1.46 bits per heavy atom. The molecular weight excluding hydrogens is 1570 g/mol. The molecule has 8 saturated carbocycles. The van der Waals surface area contributed by atoms with E-state index in [1.807, 2.05) is 90.9 Å². The number of Topliss-reactive ketones (excluding diaryl/α,β-unsaturated/α-hetero) is 1. The number of likely N-dealkylation sites (tertiary alicyclic amines) is 3. The number of aromatic nitrogens is 8. The molecule has 4 unspecified atom stereocenters. The van der Waals surface area contributed by atoms with Crippen LogP contribution < -0.4 is 47.7 Å². The highest BCUT2D eigenvalue weighted by Gasteiger charge is 2.48. The van der Waals surface area contributed by atoms with Crippen molar-refractivity contribution in [3.8, 4) is 5.75 Å². The summed E-state index contributed by atoms with van der Waals surface area (Å²) in [7, 11) is -1.39. The molecule has 17 rings (SSSR count). The van der Waals surface area contributed by atoms with E-state index < -0.39 is 19.5 Å². The molecule has 29 heteroatoms. The summed E-state index contributed by atoms with van der Waals surface area (Å²) in [5.74, 6) is 7.84. The number of nitrogens with two attached hydrogens (primary N) is 1. The topological polar surface area (TPSA) is 343 Å². The largest absolute Gasteiger partial charge is 0.444 e. The number of hydrogen-bond donors (Lipinski definition) is 10. The van der Waals surface area contributed by atoms with Gasteiger partial charge in [-0.1, -0.05) is 43.9 Å². The van der Waals surface area contributed by atoms with Gasteiger partial charge in [-0.15, -0.1) is 0 Å². The maximum absolute atomic E-state index is 12.8. The van der Waals surface area contributed by atoms with Crippen molar-refractivity contribution in [2.75, 3.05) is 80.2 Å². The fourth-order valence-electron chi connectivity index (χ4n) is 18.8. The minimum atomic E-state index is -1.39. The van der Waals surface area contributed by atoms with E-state index >= 15 is 0 Å². The molecule has 4 atom stereocenters. The molecule has 4 aliphatic heterocycles. The number of nitrogens with zero attached hydrogens (tertiary/aromatic N) is 9. The van der Waals surface area contributed by atoms with Crippen LogP contribution in [-0.2, 0) is 28.2 Å². The second-order valence-corrected chi connectivity index (χ2v) is 44.6. The van der Waals surface area contributed by atoms with E-state index in [0.717, 1.165) is 177 Å². The third-order valence-electron chi connectivity index (χ3n) is 25.4. The van der Waals surface area contributed by atoms with Gasteiger partial charge < -0.3 is 71.2 Å². The van der Waals surface area contributed by atoms with Crippen molar-refractivity contribution in [1.29, 1.82) is 0 Å². The molecule has 4 aromatic heterocycles. The van der Waals surface area contributed by atoms with E-state index in [1.165, 1.54) is 153 Å². The van der Waals surface area contributed by atoms with Gasteiger partial charge in [0.25, 0.3) is 0 Å². The number of carbonyl (C=O) groups excluding carboxylic acids is 4. The predicted molar refractivity (Wildman–Crippen MR) is 489 cm³/mol. The maximum atomic E-state index is 12.8. The molecule has 8 heterocycles. The Labute approximate surface area is 734 Å². The summed E-state index contributed by atoms with van der Waals surface area (Å²) in [5, 5.41) is 37.9. The number of piperidine rings is 4. The van der Waals surface area contributed by atoms with E-state index in [2.05, 4.69) is 124 Å². The number of H-pyrrole nitrogens is 2. The molecule has 0 radical (unpaired) electrons. The van der Waals surface area contributed by atoms with Gasteiger partial charge in [0.2, 0.25) is 11.9 Å². The summed E-state index contributed by atoms with van der Waals surface area (Å²) < 4.78 is 27.3. The van der Waals surface area contributed by atoms with Crippen LogP contribution in [0.3, 0.4) is 0 Å². The molecule has 2 amide bonds. The van der Waals surface area contributed by atoms with Crippen LogP contribution in [0.5, 0.6) is 5.75 Å². The van der Waals surface area contributed by atoms with E-state index in [1.54, 1.807) is 12.4 Å². The minimum Gasteiger partial charge on any atom is -0.444 e. The van der Waals surface area contributed by atoms with Crippen LogP contribution >= 0.6 is 0 Å². The van der Waals surface area contributed by atoms with Gasteiger partial charge in [-0.25, -0.2) is 19.6 Å². The number of ketones is 1. The van der Waals surface area contributed by atoms with Gasteiger partial charge in [-0.3, -0.25) is 29.6 Å². The number of rotatable bonds is 26. The highest BCUT2D eigenvalue weighted by molar-refractivity contribution is 6.69. The van der Waals surface area contributed by atoms with Crippen LogP contribution in [0.1, 0.15) is 296 Å². The average Bonchev–Trinajstić information content (AvgIpc) is 1.65. The second-order valence-electron chi connectivity index (χ2n) is 40.1. The number of ether oxygens (including phenoxy) is 4. The number of aromatic amines is 2. The zero-order chi connectivity index (χ0) is 86.8. The molecule has 5 aromatic rings. The lowest BCUT2D eigenvalue weighted by atomic mass is 9.81. The van der Waals surface area contributed by atoms with Crippen LogP contribution in [-0.4, -0.2) is 212 Å². The van der Waals surface area contributed by atoms with Crippen LogP contribution in [0, 0.1) is 17.8 Å². The fourth-order valence-corrected chi connectivity index (χ4v) is 20.2. The van der Waals surface area contributed by atoms with Crippen LogP contribution in [0.2, 0.25) is 19.6 Å². The van der Waals surface area contributed by atoms with Gasteiger partial charge in [0, 0.05) is 161 Å². The molecule has 123 heavy (non-hydrogen) atoms. The second kappa shape index (κ2) is 46.4. The molecule has 0 bridgehead atoms. The molecule has 0 spiro atoms. The predicted octanol–water partition coefficient (Wildman–Crippen LogP) is 17.7. The van der Waals surface area contributed by atoms with Crippen molar-refractivity contribution in [1.82, 2.24) is 71.0 Å². The van der Waals surface area contributed by atoms with Crippen molar-refractivity contribution in [2.45, 2.75) is 370 Å². The van der Waals surface area contributed by atoms with E-state index in [0.29, 0.717) is 77.6 Å². The summed E-state index contributed by atoms with van der Waals surface area (Å²) in [6.45, 7) is 29.6. The quantitative estimate of drug-likeness (QED) is 0.0106. The first-order chi connectivity index (χ1) is 59.1. The number of nitrogens with one attached hydrogen (secondary N) is 9. The number of amides is 2. The summed E-state index contributed by atoms with van der Waals surface area (Å²) >= 11 is 0. The first-order valence-corrected chi connectivity index (χ1v) is 51.2. The molecule has 28 nitrogen and oxygen atoms in total. The first kappa shape index (κ1) is 94.7. The Kier molecular flexibility index (Phi) is 35.7. The monoisotopic (exact) mass is 1720 g/mol. The smallest absolute Gasteiger partial charge is 0.407 e. The highest BCUT2D eigenvalue weighted by atomic mass is 28.4. The Hall–Kier alpha value is -7.38. The third-order valence-corrected chi connectivity index (χ3v) is 26.4. The van der Waals surface area contributed by atoms with Gasteiger partial charge in [-0.2, -0.15) is 20.2 Å². The van der Waals surface area contributed by atoms with Gasteiger partial charge in [0.1, 0.15) is 34.4 Å². The maximum Gasteiger partial charge on any atom is 0.407 e. The molecule has 8 aliphatic carbocycles. The van der Waals surface area contributed by atoms with Gasteiger partial charge in [0.15, 0.2) is 25.7 Å². The number of esters is 1. The molecule has 1 aromatic carbocycles. The van der Waals surface area contributed by atoms with E-state index in [9.17, 15) is 19.2 Å². The summed E-state index contributed by atoms with van der Waals surface area (Å²) in [5.41, 5.74) is 7.46. The van der Waals surface area contributed by atoms with Gasteiger partial charge in [0.05, 0.1) is 0 Å². The zero-order valence-electron chi connectivity index (χ0n) is 76.2. The first-order valence-electron chi connectivity index (χ1n) is 47.8. The third kappa shape index (κ3) is 34.7. The highest BCUT2D eigenvalue weighted by Crippen LogP contribution is 2.44. The fraction of sp³-hybridized carbons (Fsp3) is 0.745. The lowest BCUT2D eigenvalue weighted by Gasteiger charge is -2.33. The van der Waals surface area contributed by atoms with Crippen molar-refractivity contribution in [2.24, 2.45) is 23.5 Å². The number of alkyl carbamates (subject to hydrolysis) is 2. The summed E-state index contributed by atoms with van der Waals surface area (Å²) in [4.78, 5) is 74.0. The molecular formula is C94H153N19O9Si. The Morgan fingerprint density at radius 1 is 0.512 bits per heavy atom. The summed E-state index contributed by atoms with van der Waals surface area (Å²) in [6.07, 6.45) is 43.4. The van der Waals surface area contributed by atoms with Crippen molar-refractivity contribution < 1.29 is 42.6 Å². The molecule has 11 N–H and O–H groups in total. The van der Waals surface area contributed by atoms with Crippen LogP contribution in [0.25, 0.3) is 0 Å². The van der Waals surface area contributed by atoms with Crippen molar-refractivity contribution in [3.63, 3.8) is 0 Å². The number of hydrogen-bond acceptors (Lipinski definition) is 24. The Bertz CT molecular complexity index is 3970. The van der Waals surface area contributed by atoms with Gasteiger partial charge in [-0.05, 0) is 303 Å². The molecule has 682 valence electrons. The average molecular weight is 1720 g/mol. The van der Waals surface area contributed by atoms with Crippen LogP contribution in [0.15, 0.2) is 67.0 Å². The normalized spacial score (nSPS) is 25.1. The number of carbonyl (C=O) groups is 4. The molecule has 4 saturated heterocycles. The standard InChI is InChI=1S/C29H43N7O.C26H32N6O2.C13H24N2O2.C10H20N2O2.C8H16N2.C8H18O2Si/c37-25(17-21-4-3-15-36(19-21)24-11-12-24)16-20-7-9-23(10-8-20)31-29-30-14-13-27(33-29)32-28-18-26(34-35-28)22-5-1-2-6-22;33-25(34-21-8-2-1-3-9-21)16-18-10-12-20(13-11-18)28-26-27-15-14-23(30-26)29-24-17-22(31-32-24)19-6-4-5-7-19;1-13(2,3)17-12(16)14-10-5-4-8-15(9-10)11-6-7-11;1-10(2,3)14-9(13)12-8-5-4-6-11-7-8;9-7-2-1-5-10(6-7)8-3-4-8;1-5-9-8(6-7-8)10-11(2,3)4/h13-14,18,20-24H,1-12,15-17,19H2,(H3,30,31,32,33,34,35);1-3,8-9,14-15,17-20H,4-7,10-13,16H2,(H3,27,28,29,30,31,32);10-11H,4-9H2,1-3H3,(H,14,16);8,11H,4-7H2,1-3H3,(H,12,13);7-8H,1-6,9H2;5-7H2,1-4H3. The Morgan fingerprint density at radius 2 is 0.984 bits per heavy atom. The number of benzene rings is 1. The number of anilines is 6. The van der Waals surface area contributed by atoms with Crippen molar-refractivity contribution >= 4 is 67.4 Å². The Balaban J connectivity index is 0.000000145. The van der Waals surface area contributed by atoms with Crippen molar-refractivity contribution in [3.05, 3.63) is 78.4 Å². The van der Waals surface area contributed by atoms with E-state index in [-0.39, 0.29) is 36.0 Å². The van der Waals surface area contributed by atoms with Gasteiger partial charge >= 0.3 is 18.2 Å². The lowest BCUT2D eigenvalue weighted by Crippen LogP contribution is -2.49. The van der Waals surface area contributed by atoms with Crippen LogP contribution in [0.4, 0.5) is 44.8 Å². The minimum absolute atomic E-state index is 0.154. The van der Waals surface area contributed by atoms with E-state index in [4.69, 9.17) is 29.1 Å². The SMILES string of the molecule is CC(C)(C)OC(=O)NC1CCCN(C2CC2)C1.CC(C)(C)OC(=O)NC1CCCNC1.CCOC1(O[Si](C)(C)C)CC1.NC1CCCN(C2CC2)C1.O=C(CC1CCC(Nc2nccc(Nc3cc(C4CCCC4)[nH]n3)n2)CC1)CC1CCCN(C2CC2)C1.O=C(CC1CCC(Nc2nccc(Nc3cc(C4CCCC4)[nH]n3)n2)CC1)Oc1ccccc1. The number of para-hydroxylation sites is 1. The zero-order valence-corrected chi connectivity index (χ0v) is 77.2.